The van der Waals surface area contributed by atoms with Gasteiger partial charge in [0.1, 0.15) is 5.76 Å². The van der Waals surface area contributed by atoms with Gasteiger partial charge in [0, 0.05) is 38.8 Å². The fourth-order valence-electron chi connectivity index (χ4n) is 2.14. The first kappa shape index (κ1) is 13.0. The van der Waals surface area contributed by atoms with Crippen molar-refractivity contribution in [1.82, 2.24) is 15.0 Å². The van der Waals surface area contributed by atoms with Crippen molar-refractivity contribution in [3.05, 3.63) is 17.5 Å². The van der Waals surface area contributed by atoms with Gasteiger partial charge >= 0.3 is 0 Å². The van der Waals surface area contributed by atoms with Crippen LogP contribution >= 0.6 is 0 Å². The summed E-state index contributed by atoms with van der Waals surface area (Å²) in [5.74, 6) is 0.564. The zero-order chi connectivity index (χ0) is 13.1. The monoisotopic (exact) mass is 253 g/mol. The second kappa shape index (κ2) is 5.49. The lowest BCUT2D eigenvalue weighted by Crippen LogP contribution is -2.50. The van der Waals surface area contributed by atoms with Crippen LogP contribution in [0.5, 0.6) is 0 Å². The largest absolute Gasteiger partial charge is 0.392 e. The molecule has 0 saturated carbocycles. The second-order valence-electron chi connectivity index (χ2n) is 4.76. The van der Waals surface area contributed by atoms with Gasteiger partial charge in [0.05, 0.1) is 6.10 Å². The maximum atomic E-state index is 12.1. The molecule has 18 heavy (non-hydrogen) atoms. The number of nitrogens with zero attached hydrogens (tertiary/aromatic N) is 3. The highest BCUT2D eigenvalue weighted by atomic mass is 16.5. The zero-order valence-corrected chi connectivity index (χ0v) is 10.8. The molecule has 6 heteroatoms. The molecule has 1 aromatic heterocycles. The van der Waals surface area contributed by atoms with Crippen molar-refractivity contribution >= 4 is 5.91 Å². The molecular formula is C12H19N3O3. The maximum absolute atomic E-state index is 12.1. The summed E-state index contributed by atoms with van der Waals surface area (Å²) in [6, 6.07) is 1.66. The Morgan fingerprint density at radius 2 is 2.17 bits per heavy atom. The van der Waals surface area contributed by atoms with Gasteiger partial charge in [0.15, 0.2) is 5.69 Å². The number of carbonyl (C=O) groups is 1. The molecule has 1 aliphatic rings. The van der Waals surface area contributed by atoms with E-state index in [1.165, 1.54) is 0 Å². The first-order valence-corrected chi connectivity index (χ1v) is 6.19. The number of aliphatic hydroxyl groups excluding tert-OH is 1. The van der Waals surface area contributed by atoms with Crippen molar-refractivity contribution in [3.63, 3.8) is 0 Å². The SMILES string of the molecule is Cc1cc(C(=O)N2CCN(CC(C)O)CC2)no1. The summed E-state index contributed by atoms with van der Waals surface area (Å²) >= 11 is 0. The van der Waals surface area contributed by atoms with Crippen LogP contribution in [0.15, 0.2) is 10.6 Å². The Morgan fingerprint density at radius 3 is 2.67 bits per heavy atom. The van der Waals surface area contributed by atoms with Crippen LogP contribution in [0.1, 0.15) is 23.2 Å². The fourth-order valence-corrected chi connectivity index (χ4v) is 2.14. The van der Waals surface area contributed by atoms with Gasteiger partial charge in [-0.15, -0.1) is 0 Å². The summed E-state index contributed by atoms with van der Waals surface area (Å²) in [5, 5.41) is 13.1. The minimum absolute atomic E-state index is 0.0800. The maximum Gasteiger partial charge on any atom is 0.276 e. The highest BCUT2D eigenvalue weighted by Gasteiger charge is 2.24. The molecule has 2 rings (SSSR count). The molecule has 1 aromatic rings. The van der Waals surface area contributed by atoms with E-state index < -0.39 is 0 Å². The highest BCUT2D eigenvalue weighted by Crippen LogP contribution is 2.09. The van der Waals surface area contributed by atoms with Crippen LogP contribution in [-0.2, 0) is 0 Å². The van der Waals surface area contributed by atoms with Gasteiger partial charge in [-0.1, -0.05) is 5.16 Å². The molecule has 0 radical (unpaired) electrons. The lowest BCUT2D eigenvalue weighted by Gasteiger charge is -2.34. The molecule has 6 nitrogen and oxygen atoms in total. The minimum atomic E-state index is -0.328. The van der Waals surface area contributed by atoms with Crippen LogP contribution in [0.3, 0.4) is 0 Å². The van der Waals surface area contributed by atoms with Gasteiger partial charge in [-0.25, -0.2) is 0 Å². The second-order valence-corrected chi connectivity index (χ2v) is 4.76. The van der Waals surface area contributed by atoms with E-state index in [1.807, 2.05) is 0 Å². The molecule has 1 atom stereocenters. The highest BCUT2D eigenvalue weighted by molar-refractivity contribution is 5.92. The number of rotatable bonds is 3. The third-order valence-corrected chi connectivity index (χ3v) is 3.03. The van der Waals surface area contributed by atoms with Crippen molar-refractivity contribution in [3.8, 4) is 0 Å². The molecule has 1 N–H and O–H groups in total. The van der Waals surface area contributed by atoms with E-state index in [4.69, 9.17) is 4.52 Å². The predicted molar refractivity (Wildman–Crippen MR) is 65.3 cm³/mol. The Balaban J connectivity index is 1.88. The number of carbonyl (C=O) groups excluding carboxylic acids is 1. The standard InChI is InChI=1S/C12H19N3O3/c1-9(16)8-14-3-5-15(6-4-14)12(17)11-7-10(2)18-13-11/h7,9,16H,3-6,8H2,1-2H3. The molecule has 0 spiro atoms. The van der Waals surface area contributed by atoms with Crippen LogP contribution in [0.4, 0.5) is 0 Å². The lowest BCUT2D eigenvalue weighted by molar-refractivity contribution is 0.0546. The quantitative estimate of drug-likeness (QED) is 0.828. The average Bonchev–Trinajstić information content (AvgIpc) is 2.75. The number of hydrogen-bond acceptors (Lipinski definition) is 5. The van der Waals surface area contributed by atoms with Crippen molar-refractivity contribution in [2.75, 3.05) is 32.7 Å². The number of aliphatic hydroxyl groups is 1. The molecule has 1 saturated heterocycles. The van der Waals surface area contributed by atoms with Crippen LogP contribution < -0.4 is 0 Å². The first-order chi connectivity index (χ1) is 8.56. The Kier molecular flexibility index (Phi) is 3.98. The summed E-state index contributed by atoms with van der Waals surface area (Å²) in [7, 11) is 0. The number of aromatic nitrogens is 1. The van der Waals surface area contributed by atoms with E-state index in [2.05, 4.69) is 10.1 Å². The van der Waals surface area contributed by atoms with Crippen LogP contribution in [0, 0.1) is 6.92 Å². The molecule has 100 valence electrons. The number of piperazine rings is 1. The molecular weight excluding hydrogens is 234 g/mol. The number of amides is 1. The molecule has 1 unspecified atom stereocenters. The number of β-amino-alcohol motifs (C(OH)–C–C–N with tert-alkyl or cyclic N) is 1. The molecule has 1 amide bonds. The minimum Gasteiger partial charge on any atom is -0.392 e. The summed E-state index contributed by atoms with van der Waals surface area (Å²) in [4.78, 5) is 16.0. The molecule has 1 fully saturated rings. The Hall–Kier alpha value is -1.40. The van der Waals surface area contributed by atoms with Crippen molar-refractivity contribution in [1.29, 1.82) is 0 Å². The van der Waals surface area contributed by atoms with E-state index >= 15 is 0 Å². The summed E-state index contributed by atoms with van der Waals surface area (Å²) in [6.45, 7) is 7.10. The van der Waals surface area contributed by atoms with Gasteiger partial charge in [0.2, 0.25) is 0 Å². The van der Waals surface area contributed by atoms with E-state index in [-0.39, 0.29) is 12.0 Å². The molecule has 0 bridgehead atoms. The summed E-state index contributed by atoms with van der Waals surface area (Å²) < 4.78 is 4.91. The van der Waals surface area contributed by atoms with E-state index in [0.29, 0.717) is 31.1 Å². The molecule has 1 aliphatic heterocycles. The van der Waals surface area contributed by atoms with E-state index in [1.54, 1.807) is 24.8 Å². The van der Waals surface area contributed by atoms with Crippen LogP contribution in [0.25, 0.3) is 0 Å². The molecule has 0 aliphatic carbocycles. The first-order valence-electron chi connectivity index (χ1n) is 6.19. The Morgan fingerprint density at radius 1 is 1.50 bits per heavy atom. The van der Waals surface area contributed by atoms with E-state index in [0.717, 1.165) is 13.1 Å². The topological polar surface area (TPSA) is 69.8 Å². The zero-order valence-electron chi connectivity index (χ0n) is 10.8. The predicted octanol–water partition coefficient (Wildman–Crippen LogP) is 0.122. The average molecular weight is 253 g/mol. The van der Waals surface area contributed by atoms with Crippen molar-refractivity contribution in [2.24, 2.45) is 0 Å². The summed E-state index contributed by atoms with van der Waals surface area (Å²) in [5.41, 5.74) is 0.372. The fraction of sp³-hybridized carbons (Fsp3) is 0.667. The third kappa shape index (κ3) is 3.08. The normalized spacial score (nSPS) is 18.9. The third-order valence-electron chi connectivity index (χ3n) is 3.03. The van der Waals surface area contributed by atoms with Crippen LogP contribution in [0.2, 0.25) is 0 Å². The lowest BCUT2D eigenvalue weighted by atomic mass is 10.2. The van der Waals surface area contributed by atoms with Gasteiger partial charge in [-0.05, 0) is 13.8 Å². The van der Waals surface area contributed by atoms with Crippen LogP contribution in [-0.4, -0.2) is 64.8 Å². The van der Waals surface area contributed by atoms with E-state index in [9.17, 15) is 9.90 Å². The van der Waals surface area contributed by atoms with Gasteiger partial charge < -0.3 is 14.5 Å². The number of aryl methyl sites for hydroxylation is 1. The molecule has 2 heterocycles. The molecule has 0 aromatic carbocycles. The van der Waals surface area contributed by atoms with Gasteiger partial charge in [-0.2, -0.15) is 0 Å². The van der Waals surface area contributed by atoms with Crippen molar-refractivity contribution in [2.45, 2.75) is 20.0 Å². The Bertz CT molecular complexity index is 408. The van der Waals surface area contributed by atoms with Gasteiger partial charge in [-0.3, -0.25) is 9.69 Å². The summed E-state index contributed by atoms with van der Waals surface area (Å²) in [6.07, 6.45) is -0.328. The van der Waals surface area contributed by atoms with Gasteiger partial charge in [0.25, 0.3) is 5.91 Å². The smallest absolute Gasteiger partial charge is 0.276 e. The van der Waals surface area contributed by atoms with Crippen molar-refractivity contribution < 1.29 is 14.4 Å². The number of hydrogen-bond donors (Lipinski definition) is 1. The Labute approximate surface area is 106 Å².